The first-order valence-corrected chi connectivity index (χ1v) is 27.0. The van der Waals surface area contributed by atoms with Gasteiger partial charge in [-0.15, -0.1) is 0 Å². The number of carbonyl (C=O) groups excluding carboxylic acids is 1. The van der Waals surface area contributed by atoms with Crippen LogP contribution in [0.2, 0.25) is 0 Å². The summed E-state index contributed by atoms with van der Waals surface area (Å²) in [6.07, 6.45) is 56.4. The van der Waals surface area contributed by atoms with Gasteiger partial charge in [0, 0.05) is 13.0 Å². The Bertz CT molecular complexity index is 1240. The molecule has 1 rings (SSSR count). The van der Waals surface area contributed by atoms with E-state index in [1.165, 1.54) is 116 Å². The van der Waals surface area contributed by atoms with Crippen LogP contribution in [-0.2, 0) is 23.7 Å². The fraction of sp³-hybridized carbons (Fsp3) is 0.772. The maximum atomic E-state index is 12.9. The largest absolute Gasteiger partial charge is 0.457 e. The van der Waals surface area contributed by atoms with E-state index in [2.05, 4.69) is 86.8 Å². The Balaban J connectivity index is 2.22. The van der Waals surface area contributed by atoms with Crippen molar-refractivity contribution in [1.29, 1.82) is 0 Å². The van der Waals surface area contributed by atoms with Crippen molar-refractivity contribution >= 4 is 5.97 Å². The number of aliphatic hydroxyl groups excluding tert-OH is 4. The fourth-order valence-corrected chi connectivity index (χ4v) is 7.86. The van der Waals surface area contributed by atoms with E-state index in [9.17, 15) is 25.2 Å². The van der Waals surface area contributed by atoms with Gasteiger partial charge in [-0.05, 0) is 89.9 Å². The Morgan fingerprint density at radius 1 is 0.485 bits per heavy atom. The average Bonchev–Trinajstić information content (AvgIpc) is 3.32. The molecule has 66 heavy (non-hydrogen) atoms. The highest BCUT2D eigenvalue weighted by molar-refractivity contribution is 5.69. The predicted octanol–water partition coefficient (Wildman–Crippen LogP) is 13.6. The van der Waals surface area contributed by atoms with Gasteiger partial charge in [0.15, 0.2) is 6.29 Å². The minimum Gasteiger partial charge on any atom is -0.457 e. The molecule has 0 aliphatic carbocycles. The van der Waals surface area contributed by atoms with Crippen molar-refractivity contribution in [3.63, 3.8) is 0 Å². The first kappa shape index (κ1) is 61.6. The zero-order valence-electron chi connectivity index (χ0n) is 42.2. The summed E-state index contributed by atoms with van der Waals surface area (Å²) in [6.45, 7) is 4.50. The molecule has 6 atom stereocenters. The van der Waals surface area contributed by atoms with Crippen LogP contribution in [0.1, 0.15) is 219 Å². The van der Waals surface area contributed by atoms with Gasteiger partial charge >= 0.3 is 5.97 Å². The van der Waals surface area contributed by atoms with E-state index in [4.69, 9.17) is 18.9 Å². The number of allylic oxidation sites excluding steroid dienone is 12. The molecular formula is C57H100O9. The molecule has 0 amide bonds. The van der Waals surface area contributed by atoms with Gasteiger partial charge in [0.05, 0.1) is 19.8 Å². The average molecular weight is 929 g/mol. The van der Waals surface area contributed by atoms with Gasteiger partial charge in [-0.3, -0.25) is 4.79 Å². The molecule has 0 spiro atoms. The molecule has 0 bridgehead atoms. The number of unbranched alkanes of at least 4 members (excludes halogenated alkanes) is 23. The first-order chi connectivity index (χ1) is 32.4. The van der Waals surface area contributed by atoms with Gasteiger partial charge < -0.3 is 39.4 Å². The third kappa shape index (κ3) is 37.6. The van der Waals surface area contributed by atoms with Crippen LogP contribution >= 0.6 is 0 Å². The Morgan fingerprint density at radius 2 is 0.879 bits per heavy atom. The third-order valence-electron chi connectivity index (χ3n) is 12.1. The van der Waals surface area contributed by atoms with Crippen LogP contribution in [-0.4, -0.2) is 89.6 Å². The predicted molar refractivity (Wildman–Crippen MR) is 274 cm³/mol. The summed E-state index contributed by atoms with van der Waals surface area (Å²) in [5.74, 6) is -0.330. The summed E-state index contributed by atoms with van der Waals surface area (Å²) in [5, 5.41) is 40.3. The third-order valence-corrected chi connectivity index (χ3v) is 12.1. The smallest absolute Gasteiger partial charge is 0.306 e. The van der Waals surface area contributed by atoms with Gasteiger partial charge in [-0.2, -0.15) is 0 Å². The summed E-state index contributed by atoms with van der Waals surface area (Å²) in [5.41, 5.74) is 0. The van der Waals surface area contributed by atoms with E-state index in [0.717, 1.165) is 83.5 Å². The maximum absolute atomic E-state index is 12.9. The van der Waals surface area contributed by atoms with Crippen LogP contribution in [0.4, 0.5) is 0 Å². The zero-order valence-corrected chi connectivity index (χ0v) is 42.2. The summed E-state index contributed by atoms with van der Waals surface area (Å²) in [7, 11) is 0. The molecule has 0 aromatic heterocycles. The monoisotopic (exact) mass is 929 g/mol. The molecule has 0 saturated carbocycles. The van der Waals surface area contributed by atoms with E-state index in [1.54, 1.807) is 0 Å². The van der Waals surface area contributed by atoms with Gasteiger partial charge in [0.2, 0.25) is 0 Å². The summed E-state index contributed by atoms with van der Waals surface area (Å²) >= 11 is 0. The van der Waals surface area contributed by atoms with Gasteiger partial charge in [0.25, 0.3) is 0 Å². The summed E-state index contributed by atoms with van der Waals surface area (Å²) < 4.78 is 22.9. The second-order valence-corrected chi connectivity index (χ2v) is 18.3. The molecule has 0 aromatic carbocycles. The SMILES string of the molecule is CCCCCCC/C=C\C/C=C\C/C=C\CCCCCCCCCOCC(COC1OC(CO)C(O)C(O)C1O)OC(=O)CCCCCCCC/C=C\C/C=C\C/C=C\CCCCCCC. The van der Waals surface area contributed by atoms with E-state index >= 15 is 0 Å². The maximum Gasteiger partial charge on any atom is 0.306 e. The molecule has 9 nitrogen and oxygen atoms in total. The van der Waals surface area contributed by atoms with Crippen molar-refractivity contribution in [2.24, 2.45) is 0 Å². The highest BCUT2D eigenvalue weighted by Gasteiger charge is 2.44. The van der Waals surface area contributed by atoms with Crippen molar-refractivity contribution < 1.29 is 44.2 Å². The minimum absolute atomic E-state index is 0.126. The molecule has 1 saturated heterocycles. The Labute approximate surface area is 404 Å². The van der Waals surface area contributed by atoms with Crippen molar-refractivity contribution in [2.75, 3.05) is 26.4 Å². The molecule has 1 heterocycles. The molecule has 1 aliphatic rings. The number of hydrogen-bond acceptors (Lipinski definition) is 9. The second kappa shape index (κ2) is 47.7. The lowest BCUT2D eigenvalue weighted by atomic mass is 9.99. The Morgan fingerprint density at radius 3 is 1.32 bits per heavy atom. The second-order valence-electron chi connectivity index (χ2n) is 18.3. The molecule has 4 N–H and O–H groups in total. The molecular weight excluding hydrogens is 829 g/mol. The van der Waals surface area contributed by atoms with Gasteiger partial charge in [-0.1, -0.05) is 196 Å². The molecule has 1 aliphatic heterocycles. The summed E-state index contributed by atoms with van der Waals surface area (Å²) in [6, 6.07) is 0. The molecule has 382 valence electrons. The molecule has 0 radical (unpaired) electrons. The van der Waals surface area contributed by atoms with E-state index in [1.807, 2.05) is 0 Å². The minimum atomic E-state index is -1.55. The van der Waals surface area contributed by atoms with Crippen LogP contribution in [0.5, 0.6) is 0 Å². The Kier molecular flexibility index (Phi) is 44.5. The quantitative estimate of drug-likeness (QED) is 0.0267. The molecule has 6 unspecified atom stereocenters. The first-order valence-electron chi connectivity index (χ1n) is 27.0. The van der Waals surface area contributed by atoms with Crippen LogP contribution in [0.3, 0.4) is 0 Å². The number of rotatable bonds is 46. The number of ether oxygens (including phenoxy) is 4. The fourth-order valence-electron chi connectivity index (χ4n) is 7.86. The molecule has 0 aromatic rings. The number of esters is 1. The zero-order chi connectivity index (χ0) is 47.8. The van der Waals surface area contributed by atoms with E-state index in [-0.39, 0.29) is 19.2 Å². The molecule has 9 heteroatoms. The Hall–Kier alpha value is -2.37. The van der Waals surface area contributed by atoms with Crippen LogP contribution in [0.25, 0.3) is 0 Å². The topological polar surface area (TPSA) is 135 Å². The van der Waals surface area contributed by atoms with Gasteiger partial charge in [0.1, 0.15) is 30.5 Å². The standard InChI is InChI=1S/C57H100O9/c1-3-5-7-9-11-13-15-17-19-21-23-25-27-29-31-33-35-37-39-41-43-45-47-63-49-51(50-64-57-56(62)55(61)54(60)52(48-58)66-57)65-53(59)46-44-42-40-38-36-34-32-30-28-26-24-22-20-18-16-14-12-10-8-6-4-2/h15-18,21-24,27-30,51-52,54-58,60-62H,3-14,19-20,25-26,31-50H2,1-2H3/b17-15-,18-16-,23-21-,24-22-,29-27-,30-28-. The lowest BCUT2D eigenvalue weighted by Crippen LogP contribution is -2.59. The van der Waals surface area contributed by atoms with Crippen molar-refractivity contribution in [3.8, 4) is 0 Å². The number of hydrogen-bond donors (Lipinski definition) is 4. The van der Waals surface area contributed by atoms with E-state index < -0.39 is 43.4 Å². The van der Waals surface area contributed by atoms with Gasteiger partial charge in [-0.25, -0.2) is 0 Å². The number of carbonyl (C=O) groups is 1. The van der Waals surface area contributed by atoms with Crippen LogP contribution in [0, 0.1) is 0 Å². The lowest BCUT2D eigenvalue weighted by molar-refractivity contribution is -0.305. The van der Waals surface area contributed by atoms with E-state index in [0.29, 0.717) is 13.0 Å². The highest BCUT2D eigenvalue weighted by atomic mass is 16.7. The van der Waals surface area contributed by atoms with Crippen LogP contribution < -0.4 is 0 Å². The molecule has 1 fully saturated rings. The van der Waals surface area contributed by atoms with Crippen molar-refractivity contribution in [2.45, 2.75) is 256 Å². The highest BCUT2D eigenvalue weighted by Crippen LogP contribution is 2.23. The normalized spacial score (nSPS) is 19.9. The van der Waals surface area contributed by atoms with Crippen molar-refractivity contribution in [1.82, 2.24) is 0 Å². The van der Waals surface area contributed by atoms with Crippen molar-refractivity contribution in [3.05, 3.63) is 72.9 Å². The van der Waals surface area contributed by atoms with Crippen LogP contribution in [0.15, 0.2) is 72.9 Å². The number of aliphatic hydroxyl groups is 4. The summed E-state index contributed by atoms with van der Waals surface area (Å²) in [4.78, 5) is 12.9. The lowest BCUT2D eigenvalue weighted by Gasteiger charge is -2.39.